The van der Waals surface area contributed by atoms with Crippen LogP contribution < -0.4 is 0 Å². The molecule has 15 atom stereocenters. The molecule has 0 saturated carbocycles. The lowest BCUT2D eigenvalue weighted by Crippen LogP contribution is -2.66. The Hall–Kier alpha value is -3.71. The van der Waals surface area contributed by atoms with E-state index in [1.54, 1.807) is 0 Å². The van der Waals surface area contributed by atoms with Crippen LogP contribution in [0.5, 0.6) is 23.0 Å². The number of benzene rings is 2. The molecule has 0 unspecified atom stereocenters. The van der Waals surface area contributed by atoms with Crippen LogP contribution in [-0.4, -0.2) is 179 Å². The third kappa shape index (κ3) is 9.82. The van der Waals surface area contributed by atoms with Crippen molar-refractivity contribution in [2.45, 2.75) is 105 Å². The van der Waals surface area contributed by atoms with Gasteiger partial charge in [0.25, 0.3) is 0 Å². The first-order valence-electron chi connectivity index (χ1n) is 17.2. The normalized spacial score (nSPS) is 36.9. The minimum absolute atomic E-state index is 0.140. The molecule has 5 rings (SSSR count). The van der Waals surface area contributed by atoms with Crippen molar-refractivity contribution in [3.8, 4) is 23.0 Å². The lowest BCUT2D eigenvalue weighted by atomic mass is 9.96. The number of carbonyl (C=O) groups is 1. The molecule has 306 valence electrons. The van der Waals surface area contributed by atoms with Gasteiger partial charge in [0.1, 0.15) is 61.0 Å². The molecule has 0 aliphatic carbocycles. The third-order valence-corrected chi connectivity index (χ3v) is 9.38. The second-order valence-corrected chi connectivity index (χ2v) is 13.2. The molecule has 20 nitrogen and oxygen atoms in total. The van der Waals surface area contributed by atoms with Crippen LogP contribution >= 0.6 is 0 Å². The van der Waals surface area contributed by atoms with Crippen molar-refractivity contribution >= 4 is 12.0 Å². The Morgan fingerprint density at radius 3 is 1.91 bits per heavy atom. The van der Waals surface area contributed by atoms with Crippen LogP contribution in [-0.2, 0) is 44.4 Å². The lowest BCUT2D eigenvalue weighted by Gasteiger charge is -2.48. The summed E-state index contributed by atoms with van der Waals surface area (Å²) in [5.74, 6) is -2.60. The summed E-state index contributed by atoms with van der Waals surface area (Å²) in [4.78, 5) is 13.0. The number of esters is 1. The summed E-state index contributed by atoms with van der Waals surface area (Å²) in [5.41, 5.74) is 0.825. The smallest absolute Gasteiger partial charge is 0.331 e. The zero-order valence-electron chi connectivity index (χ0n) is 29.2. The molecule has 2 aromatic rings. The molecule has 0 radical (unpaired) electrons. The van der Waals surface area contributed by atoms with E-state index in [1.807, 2.05) is 0 Å². The summed E-state index contributed by atoms with van der Waals surface area (Å²) < 4.78 is 39.8. The number of carbonyl (C=O) groups excluding carboxylic acids is 1. The van der Waals surface area contributed by atoms with E-state index in [9.17, 15) is 66.1 Å². The van der Waals surface area contributed by atoms with Crippen LogP contribution in [0, 0.1) is 0 Å². The number of aliphatic hydroxyl groups excluding tert-OH is 8. The highest BCUT2D eigenvalue weighted by Crippen LogP contribution is 2.34. The number of ether oxygens (including phenoxy) is 7. The molecule has 3 heterocycles. The maximum absolute atomic E-state index is 13.0. The number of phenols is 4. The van der Waals surface area contributed by atoms with Gasteiger partial charge in [-0.1, -0.05) is 12.1 Å². The van der Waals surface area contributed by atoms with Gasteiger partial charge in [-0.2, -0.15) is 0 Å². The minimum Gasteiger partial charge on any atom is -0.504 e. The number of rotatable bonds is 13. The van der Waals surface area contributed by atoms with Crippen molar-refractivity contribution in [2.24, 2.45) is 0 Å². The van der Waals surface area contributed by atoms with Gasteiger partial charge < -0.3 is 94.4 Å². The number of aliphatic hydroxyl groups is 8. The van der Waals surface area contributed by atoms with E-state index >= 15 is 0 Å². The van der Waals surface area contributed by atoms with E-state index in [-0.39, 0.29) is 30.1 Å². The van der Waals surface area contributed by atoms with Crippen molar-refractivity contribution in [2.75, 3.05) is 19.8 Å². The number of hydrogen-bond acceptors (Lipinski definition) is 20. The first kappa shape index (κ1) is 42.4. The average molecular weight is 787 g/mol. The standard InChI is InChI=1S/C35H46O20/c1-14-30(54-35-27(46)25(44)24(43)21(12-36)51-35)26(45)28(47)34(50-14)55-32-29(48)33(49-9-8-16-3-6-18(39)20(41)11-16)52-22(13-37)31(32)53-23(42)7-4-15-2-5-17(38)19(40)10-15/h2-7,10-11,14,21-22,24-41,43-48H,8-9,12-13H2,1H3/t14-,21-,22-,24+,25+,26-,27+,28+,29+,30-,31+,32+,33-,34-,35-/m1/s1. The second kappa shape index (κ2) is 18.5. The molecule has 55 heavy (non-hydrogen) atoms. The Labute approximate surface area is 313 Å². The van der Waals surface area contributed by atoms with E-state index in [2.05, 4.69) is 0 Å². The maximum Gasteiger partial charge on any atom is 0.331 e. The van der Waals surface area contributed by atoms with Crippen molar-refractivity contribution in [1.29, 1.82) is 0 Å². The van der Waals surface area contributed by atoms with Gasteiger partial charge in [-0.25, -0.2) is 4.79 Å². The third-order valence-electron chi connectivity index (χ3n) is 9.38. The van der Waals surface area contributed by atoms with Crippen LogP contribution in [0.15, 0.2) is 42.5 Å². The van der Waals surface area contributed by atoms with Crippen LogP contribution in [0.2, 0.25) is 0 Å². The highest BCUT2D eigenvalue weighted by Gasteiger charge is 2.54. The molecule has 0 aromatic heterocycles. The Morgan fingerprint density at radius 2 is 1.25 bits per heavy atom. The van der Waals surface area contributed by atoms with E-state index in [0.717, 1.165) is 6.08 Å². The Morgan fingerprint density at radius 1 is 0.655 bits per heavy atom. The predicted molar refractivity (Wildman–Crippen MR) is 180 cm³/mol. The number of hydrogen-bond donors (Lipinski definition) is 12. The van der Waals surface area contributed by atoms with E-state index in [4.69, 9.17) is 33.2 Å². The van der Waals surface area contributed by atoms with Gasteiger partial charge in [0.05, 0.1) is 25.9 Å². The van der Waals surface area contributed by atoms with Crippen LogP contribution in [0.4, 0.5) is 0 Å². The van der Waals surface area contributed by atoms with E-state index < -0.39 is 123 Å². The van der Waals surface area contributed by atoms with Gasteiger partial charge in [-0.05, 0) is 54.8 Å². The topological polar surface area (TPSA) is 324 Å². The molecule has 3 aliphatic rings. The van der Waals surface area contributed by atoms with Crippen molar-refractivity contribution < 1.29 is 99.2 Å². The second-order valence-electron chi connectivity index (χ2n) is 13.2. The molecule has 3 saturated heterocycles. The van der Waals surface area contributed by atoms with Gasteiger partial charge in [0, 0.05) is 6.08 Å². The zero-order valence-corrected chi connectivity index (χ0v) is 29.2. The van der Waals surface area contributed by atoms with E-state index in [0.29, 0.717) is 5.56 Å². The molecule has 12 N–H and O–H groups in total. The monoisotopic (exact) mass is 786 g/mol. The molecule has 20 heteroatoms. The summed E-state index contributed by atoms with van der Waals surface area (Å²) in [6.45, 7) is -0.321. The van der Waals surface area contributed by atoms with Gasteiger partial charge in [-0.3, -0.25) is 0 Å². The summed E-state index contributed by atoms with van der Waals surface area (Å²) in [6, 6.07) is 7.82. The molecule has 0 amide bonds. The Kier molecular flexibility index (Phi) is 14.3. The Balaban J connectivity index is 1.33. The van der Waals surface area contributed by atoms with Gasteiger partial charge in [-0.15, -0.1) is 0 Å². The van der Waals surface area contributed by atoms with Gasteiger partial charge in [0.15, 0.2) is 48.0 Å². The summed E-state index contributed by atoms with van der Waals surface area (Å²) >= 11 is 0. The van der Waals surface area contributed by atoms with Crippen molar-refractivity contribution in [3.05, 3.63) is 53.6 Å². The summed E-state index contributed by atoms with van der Waals surface area (Å²) in [7, 11) is 0. The number of phenolic OH excluding ortho intramolecular Hbond substituents is 4. The maximum atomic E-state index is 13.0. The van der Waals surface area contributed by atoms with E-state index in [1.165, 1.54) is 49.4 Å². The highest BCUT2D eigenvalue weighted by atomic mass is 16.8. The molecule has 3 aliphatic heterocycles. The molecule has 3 fully saturated rings. The first-order valence-corrected chi connectivity index (χ1v) is 17.2. The predicted octanol–water partition coefficient (Wildman–Crippen LogP) is -3.19. The largest absolute Gasteiger partial charge is 0.504 e. The molecular weight excluding hydrogens is 740 g/mol. The van der Waals surface area contributed by atoms with Crippen LogP contribution in [0.3, 0.4) is 0 Å². The fraction of sp³-hybridized carbons (Fsp3) is 0.571. The highest BCUT2D eigenvalue weighted by molar-refractivity contribution is 5.87. The molecule has 0 bridgehead atoms. The summed E-state index contributed by atoms with van der Waals surface area (Å²) in [6.07, 6.45) is -22.4. The average Bonchev–Trinajstić information content (AvgIpc) is 3.16. The fourth-order valence-electron chi connectivity index (χ4n) is 6.27. The summed E-state index contributed by atoms with van der Waals surface area (Å²) in [5, 5.41) is 123. The van der Waals surface area contributed by atoms with Gasteiger partial charge in [0.2, 0.25) is 0 Å². The SMILES string of the molecule is C[C@H]1O[C@H](O[C@H]2[C@H](O)[C@H](OCCc3ccc(O)c(O)c3)O[C@H](CO)[C@@H]2OC(=O)C=Cc2ccc(O)c(O)c2)[C@@H](O)[C@@H](O)[C@@H]1O[C@H]1O[C@H](CO)[C@H](O)[C@H](O)[C@@H]1O. The first-order chi connectivity index (χ1) is 26.1. The minimum atomic E-state index is -1.96. The molecule has 0 spiro atoms. The van der Waals surface area contributed by atoms with Crippen molar-refractivity contribution in [1.82, 2.24) is 0 Å². The quantitative estimate of drug-likeness (QED) is 0.0541. The Bertz CT molecular complexity index is 1610. The number of aromatic hydroxyl groups is 4. The van der Waals surface area contributed by atoms with Crippen LogP contribution in [0.1, 0.15) is 18.1 Å². The van der Waals surface area contributed by atoms with Crippen LogP contribution in [0.25, 0.3) is 6.08 Å². The van der Waals surface area contributed by atoms with Crippen molar-refractivity contribution in [3.63, 3.8) is 0 Å². The molecular formula is C35H46O20. The van der Waals surface area contributed by atoms with Gasteiger partial charge >= 0.3 is 5.97 Å². The fourth-order valence-corrected chi connectivity index (χ4v) is 6.27. The molecule has 2 aromatic carbocycles. The lowest BCUT2D eigenvalue weighted by molar-refractivity contribution is -0.376. The zero-order chi connectivity index (χ0) is 40.1.